The molecule has 0 saturated carbocycles. The number of aryl methyl sites for hydroxylation is 2. The van der Waals surface area contributed by atoms with E-state index >= 15 is 0 Å². The summed E-state index contributed by atoms with van der Waals surface area (Å²) in [4.78, 5) is 28.6. The van der Waals surface area contributed by atoms with Gasteiger partial charge >= 0.3 is 0 Å². The van der Waals surface area contributed by atoms with Crippen molar-refractivity contribution < 1.29 is 18.8 Å². The molecule has 1 aromatic heterocycles. The Kier molecular flexibility index (Phi) is 6.30. The van der Waals surface area contributed by atoms with Crippen LogP contribution in [0, 0.1) is 6.92 Å². The smallest absolute Gasteiger partial charge is 0.259 e. The number of amides is 2. The molecule has 1 saturated heterocycles. The summed E-state index contributed by atoms with van der Waals surface area (Å²) in [5.41, 5.74) is 2.84. The van der Waals surface area contributed by atoms with Crippen LogP contribution in [0.1, 0.15) is 28.7 Å². The Morgan fingerprint density at radius 2 is 1.89 bits per heavy atom. The Balaban J connectivity index is 1.57. The first kappa shape index (κ1) is 19.9. The third-order valence-electron chi connectivity index (χ3n) is 4.74. The summed E-state index contributed by atoms with van der Waals surface area (Å²) in [5.74, 6) is -0.0663. The molecule has 2 amide bonds. The normalized spacial score (nSPS) is 14.0. The van der Waals surface area contributed by atoms with Crippen LogP contribution in [-0.4, -0.2) is 61.8 Å². The minimum Gasteiger partial charge on any atom is -0.378 e. The molecule has 1 fully saturated rings. The summed E-state index contributed by atoms with van der Waals surface area (Å²) >= 11 is 0. The van der Waals surface area contributed by atoms with Gasteiger partial charge in [0.05, 0.1) is 25.5 Å². The van der Waals surface area contributed by atoms with Gasteiger partial charge in [-0.05, 0) is 37.6 Å². The number of rotatable bonds is 6. The van der Waals surface area contributed by atoms with Gasteiger partial charge in [-0.25, -0.2) is 0 Å². The largest absolute Gasteiger partial charge is 0.378 e. The maximum atomic E-state index is 12.6. The number of hydrogen-bond acceptors (Lipinski definition) is 6. The number of aromatic nitrogens is 1. The van der Waals surface area contributed by atoms with Gasteiger partial charge in [0.25, 0.3) is 5.91 Å². The number of anilines is 2. The number of carbonyl (C=O) groups excluding carboxylic acids is 2. The fourth-order valence-electron chi connectivity index (χ4n) is 3.19. The van der Waals surface area contributed by atoms with Crippen LogP contribution in [-0.2, 0) is 16.0 Å². The molecule has 1 aliphatic heterocycles. The van der Waals surface area contributed by atoms with Crippen LogP contribution in [0.3, 0.4) is 0 Å². The highest BCUT2D eigenvalue weighted by atomic mass is 16.5. The van der Waals surface area contributed by atoms with Gasteiger partial charge in [-0.2, -0.15) is 0 Å². The first-order chi connectivity index (χ1) is 13.5. The molecule has 0 unspecified atom stereocenters. The molecule has 0 aliphatic carbocycles. The van der Waals surface area contributed by atoms with Crippen LogP contribution < -0.4 is 10.2 Å². The molecule has 0 atom stereocenters. The summed E-state index contributed by atoms with van der Waals surface area (Å²) in [5, 5.41) is 6.73. The average Bonchev–Trinajstić information content (AvgIpc) is 3.09. The SMILES string of the molecule is CCc1noc(C)c1C(=O)N(C)CC(=O)Nc1ccc(N2CCOCC2)cc1. The van der Waals surface area contributed by atoms with E-state index in [1.807, 2.05) is 31.2 Å². The standard InChI is InChI=1S/C20H26N4O4/c1-4-17-19(14(2)28-22-17)20(26)23(3)13-18(25)21-15-5-7-16(8-6-15)24-9-11-27-12-10-24/h5-8H,4,9-13H2,1-3H3,(H,21,25). The Bertz CT molecular complexity index is 825. The summed E-state index contributed by atoms with van der Waals surface area (Å²) in [6, 6.07) is 7.68. The molecule has 0 bridgehead atoms. The summed E-state index contributed by atoms with van der Waals surface area (Å²) in [6.45, 7) is 6.72. The highest BCUT2D eigenvalue weighted by molar-refractivity contribution is 6.00. The summed E-state index contributed by atoms with van der Waals surface area (Å²) in [7, 11) is 1.59. The van der Waals surface area contributed by atoms with Crippen molar-refractivity contribution in [2.24, 2.45) is 0 Å². The van der Waals surface area contributed by atoms with Crippen molar-refractivity contribution in [1.82, 2.24) is 10.1 Å². The average molecular weight is 386 g/mol. The second-order valence-electron chi connectivity index (χ2n) is 6.77. The van der Waals surface area contributed by atoms with E-state index in [2.05, 4.69) is 15.4 Å². The number of carbonyl (C=O) groups is 2. The van der Waals surface area contributed by atoms with Crippen molar-refractivity contribution in [3.63, 3.8) is 0 Å². The van der Waals surface area contributed by atoms with E-state index in [9.17, 15) is 9.59 Å². The van der Waals surface area contributed by atoms with Gasteiger partial charge in [-0.3, -0.25) is 9.59 Å². The molecule has 28 heavy (non-hydrogen) atoms. The topological polar surface area (TPSA) is 87.9 Å². The lowest BCUT2D eigenvalue weighted by Gasteiger charge is -2.28. The predicted molar refractivity (Wildman–Crippen MR) is 106 cm³/mol. The molecular weight excluding hydrogens is 360 g/mol. The highest BCUT2D eigenvalue weighted by Crippen LogP contribution is 2.19. The molecule has 0 spiro atoms. The van der Waals surface area contributed by atoms with Gasteiger partial charge in [-0.1, -0.05) is 12.1 Å². The molecule has 0 radical (unpaired) electrons. The van der Waals surface area contributed by atoms with Gasteiger partial charge < -0.3 is 24.4 Å². The third kappa shape index (κ3) is 4.51. The van der Waals surface area contributed by atoms with Gasteiger partial charge in [0.2, 0.25) is 5.91 Å². The maximum Gasteiger partial charge on any atom is 0.259 e. The quantitative estimate of drug-likeness (QED) is 0.818. The number of nitrogens with zero attached hydrogens (tertiary/aromatic N) is 3. The molecule has 150 valence electrons. The number of morpholine rings is 1. The number of benzene rings is 1. The van der Waals surface area contributed by atoms with Crippen molar-refractivity contribution in [2.75, 3.05) is 50.1 Å². The zero-order valence-electron chi connectivity index (χ0n) is 16.5. The highest BCUT2D eigenvalue weighted by Gasteiger charge is 2.23. The summed E-state index contributed by atoms with van der Waals surface area (Å²) < 4.78 is 10.5. The lowest BCUT2D eigenvalue weighted by molar-refractivity contribution is -0.116. The van der Waals surface area contributed by atoms with Crippen LogP contribution in [0.5, 0.6) is 0 Å². The van der Waals surface area contributed by atoms with Crippen molar-refractivity contribution in [3.05, 3.63) is 41.3 Å². The summed E-state index contributed by atoms with van der Waals surface area (Å²) in [6.07, 6.45) is 0.591. The van der Waals surface area contributed by atoms with E-state index in [0.29, 0.717) is 29.1 Å². The Morgan fingerprint density at radius 3 is 2.54 bits per heavy atom. The molecule has 3 rings (SSSR count). The van der Waals surface area contributed by atoms with Gasteiger partial charge in [0.1, 0.15) is 11.3 Å². The van der Waals surface area contributed by atoms with Crippen LogP contribution >= 0.6 is 0 Å². The molecule has 2 aromatic rings. The molecule has 2 heterocycles. The van der Waals surface area contributed by atoms with E-state index in [-0.39, 0.29) is 18.4 Å². The molecule has 1 aliphatic rings. The number of hydrogen-bond donors (Lipinski definition) is 1. The molecule has 8 heteroatoms. The van der Waals surface area contributed by atoms with E-state index < -0.39 is 0 Å². The first-order valence-electron chi connectivity index (χ1n) is 9.42. The number of nitrogens with one attached hydrogen (secondary N) is 1. The first-order valence-corrected chi connectivity index (χ1v) is 9.42. The van der Waals surface area contributed by atoms with Gasteiger partial charge in [0, 0.05) is 31.5 Å². The van der Waals surface area contributed by atoms with Crippen LogP contribution in [0.2, 0.25) is 0 Å². The second-order valence-corrected chi connectivity index (χ2v) is 6.77. The van der Waals surface area contributed by atoms with Crippen LogP contribution in [0.25, 0.3) is 0 Å². The van der Waals surface area contributed by atoms with Crippen molar-refractivity contribution in [3.8, 4) is 0 Å². The monoisotopic (exact) mass is 386 g/mol. The number of likely N-dealkylation sites (N-methyl/N-ethyl adjacent to an activating group) is 1. The second kappa shape index (κ2) is 8.88. The fourth-order valence-corrected chi connectivity index (χ4v) is 3.19. The molecule has 1 aromatic carbocycles. The van der Waals surface area contributed by atoms with Crippen molar-refractivity contribution >= 4 is 23.2 Å². The Hall–Kier alpha value is -2.87. The maximum absolute atomic E-state index is 12.6. The van der Waals surface area contributed by atoms with E-state index in [0.717, 1.165) is 32.0 Å². The van der Waals surface area contributed by atoms with E-state index in [4.69, 9.17) is 9.26 Å². The lowest BCUT2D eigenvalue weighted by atomic mass is 10.1. The van der Waals surface area contributed by atoms with Gasteiger partial charge in [-0.15, -0.1) is 0 Å². The van der Waals surface area contributed by atoms with E-state index in [1.165, 1.54) is 4.90 Å². The van der Waals surface area contributed by atoms with Crippen molar-refractivity contribution in [2.45, 2.75) is 20.3 Å². The minimum atomic E-state index is -0.270. The lowest BCUT2D eigenvalue weighted by Crippen LogP contribution is -2.36. The molecular formula is C20H26N4O4. The van der Waals surface area contributed by atoms with Crippen LogP contribution in [0.4, 0.5) is 11.4 Å². The van der Waals surface area contributed by atoms with Crippen molar-refractivity contribution in [1.29, 1.82) is 0 Å². The third-order valence-corrected chi connectivity index (χ3v) is 4.74. The fraction of sp³-hybridized carbons (Fsp3) is 0.450. The van der Waals surface area contributed by atoms with Gasteiger partial charge in [0.15, 0.2) is 0 Å². The molecule has 8 nitrogen and oxygen atoms in total. The minimum absolute atomic E-state index is 0.0577. The zero-order valence-corrected chi connectivity index (χ0v) is 16.5. The number of ether oxygens (including phenoxy) is 1. The predicted octanol–water partition coefficient (Wildman–Crippen LogP) is 2.09. The molecule has 1 N–H and O–H groups in total. The van der Waals surface area contributed by atoms with E-state index in [1.54, 1.807) is 14.0 Å². The van der Waals surface area contributed by atoms with Crippen LogP contribution in [0.15, 0.2) is 28.8 Å². The Morgan fingerprint density at radius 1 is 1.21 bits per heavy atom. The Labute approximate surface area is 164 Å². The zero-order chi connectivity index (χ0) is 20.1.